The van der Waals surface area contributed by atoms with Gasteiger partial charge in [0.25, 0.3) is 5.91 Å². The summed E-state index contributed by atoms with van der Waals surface area (Å²) in [6.45, 7) is 11.8. The van der Waals surface area contributed by atoms with E-state index in [1.807, 2.05) is 113 Å². The summed E-state index contributed by atoms with van der Waals surface area (Å²) < 4.78 is 22.5. The number of pyridine rings is 2. The molecule has 6 N–H and O–H groups in total. The second-order valence-corrected chi connectivity index (χ2v) is 21.8. The summed E-state index contributed by atoms with van der Waals surface area (Å²) in [5, 5.41) is 26.1. The van der Waals surface area contributed by atoms with E-state index in [4.69, 9.17) is 34.2 Å². The van der Waals surface area contributed by atoms with Gasteiger partial charge in [0.05, 0.1) is 69.9 Å². The van der Waals surface area contributed by atoms with Crippen LogP contribution in [-0.4, -0.2) is 144 Å². The van der Waals surface area contributed by atoms with Gasteiger partial charge < -0.3 is 54.4 Å². The van der Waals surface area contributed by atoms with Gasteiger partial charge in [-0.2, -0.15) is 0 Å². The number of aromatic amines is 2. The number of hydrogen-bond donors (Lipinski definition) is 5. The number of aromatic nitrogens is 10. The van der Waals surface area contributed by atoms with Gasteiger partial charge in [-0.15, -0.1) is 0 Å². The highest BCUT2D eigenvalue weighted by Gasteiger charge is 2.27. The number of nitrogens with one attached hydrogen (secondary N) is 3. The van der Waals surface area contributed by atoms with E-state index in [0.29, 0.717) is 57.1 Å². The summed E-state index contributed by atoms with van der Waals surface area (Å²) in [5.74, 6) is 1.02. The Morgan fingerprint density at radius 2 is 1.05 bits per heavy atom. The van der Waals surface area contributed by atoms with Gasteiger partial charge in [0.15, 0.2) is 0 Å². The first-order valence-corrected chi connectivity index (χ1v) is 28.2. The number of benzene rings is 4. The average molecular weight is 1140 g/mol. The van der Waals surface area contributed by atoms with Crippen molar-refractivity contribution in [2.24, 2.45) is 5.73 Å². The number of para-hydroxylation sites is 2. The Morgan fingerprint density at radius 1 is 0.600 bits per heavy atom. The number of carboxylic acids is 1. The highest BCUT2D eigenvalue weighted by Crippen LogP contribution is 2.44. The third kappa shape index (κ3) is 10.7. The number of carbonyl (C=O) groups excluding carboxylic acids is 1. The van der Waals surface area contributed by atoms with Crippen LogP contribution in [0.15, 0.2) is 106 Å². The first-order chi connectivity index (χ1) is 41.2. The number of carbonyl (C=O) groups is 2. The van der Waals surface area contributed by atoms with Crippen molar-refractivity contribution in [1.29, 1.82) is 0 Å². The highest BCUT2D eigenvalue weighted by molar-refractivity contribution is 6.18. The smallest absolute Gasteiger partial charge is 0.374 e. The zero-order valence-electron chi connectivity index (χ0n) is 48.5. The Hall–Kier alpha value is -9.70. The van der Waals surface area contributed by atoms with E-state index in [1.54, 1.807) is 26.6 Å². The molecule has 21 heteroatoms. The first kappa shape index (κ1) is 55.8. The van der Waals surface area contributed by atoms with Crippen molar-refractivity contribution in [2.75, 3.05) is 54.5 Å². The molecule has 0 radical (unpaired) electrons. The number of aromatic carboxylic acids is 1. The van der Waals surface area contributed by atoms with Gasteiger partial charge >= 0.3 is 5.97 Å². The lowest BCUT2D eigenvalue weighted by atomic mass is 9.99. The van der Waals surface area contributed by atoms with Crippen LogP contribution in [-0.2, 0) is 0 Å². The lowest BCUT2D eigenvalue weighted by Crippen LogP contribution is -2.43. The Balaban J connectivity index is 0.000000149. The third-order valence-electron chi connectivity index (χ3n) is 16.2. The van der Waals surface area contributed by atoms with Crippen LogP contribution >= 0.6 is 0 Å². The molecule has 0 spiro atoms. The van der Waals surface area contributed by atoms with E-state index in [1.165, 1.54) is 25.9 Å². The molecule has 4 aromatic carbocycles. The zero-order chi connectivity index (χ0) is 59.2. The molecule has 0 atom stereocenters. The lowest BCUT2D eigenvalue weighted by molar-refractivity contribution is 0.0683. The van der Waals surface area contributed by atoms with E-state index in [2.05, 4.69) is 69.4 Å². The molecule has 1 amide bonds. The minimum absolute atomic E-state index is 0.0859. The normalized spacial score (nSPS) is 14.5. The van der Waals surface area contributed by atoms with Gasteiger partial charge in [-0.25, -0.2) is 24.7 Å². The third-order valence-corrected chi connectivity index (χ3v) is 16.2. The van der Waals surface area contributed by atoms with Crippen LogP contribution in [0.4, 0.5) is 0 Å². The van der Waals surface area contributed by atoms with Crippen molar-refractivity contribution < 1.29 is 33.2 Å². The highest BCUT2D eigenvalue weighted by atomic mass is 16.5. The summed E-state index contributed by atoms with van der Waals surface area (Å²) in [6.07, 6.45) is 7.60. The number of aryl methyl sites for hydroxylation is 4. The van der Waals surface area contributed by atoms with Crippen molar-refractivity contribution in [3.8, 4) is 56.3 Å². The molecule has 14 rings (SSSR count). The fraction of sp³-hybridized carbons (Fsp3) is 0.281. The van der Waals surface area contributed by atoms with Crippen LogP contribution < -0.4 is 20.5 Å². The van der Waals surface area contributed by atoms with Gasteiger partial charge in [-0.05, 0) is 142 Å². The number of ether oxygens (including phenoxy) is 2. The second-order valence-electron chi connectivity index (χ2n) is 21.8. The average Bonchev–Trinajstić information content (AvgIpc) is 1.88. The number of amides is 1. The number of nitrogens with zero attached hydrogens (tertiary/aromatic N) is 10. The monoisotopic (exact) mass is 1140 g/mol. The van der Waals surface area contributed by atoms with E-state index < -0.39 is 5.97 Å². The molecule has 2 aliphatic rings. The molecule has 432 valence electrons. The Morgan fingerprint density at radius 3 is 1.48 bits per heavy atom. The number of carboxylic acid groups (broad SMARTS) is 1. The van der Waals surface area contributed by atoms with Crippen molar-refractivity contribution in [2.45, 2.75) is 65.5 Å². The number of rotatable bonds is 9. The predicted molar refractivity (Wildman–Crippen MR) is 327 cm³/mol. The Kier molecular flexibility index (Phi) is 15.2. The summed E-state index contributed by atoms with van der Waals surface area (Å²) in [6, 6.07) is 27.8. The van der Waals surface area contributed by atoms with Gasteiger partial charge in [0, 0.05) is 79.3 Å². The van der Waals surface area contributed by atoms with Gasteiger partial charge in [-0.3, -0.25) is 14.8 Å². The molecule has 85 heavy (non-hydrogen) atoms. The maximum Gasteiger partial charge on any atom is 0.374 e. The molecule has 0 bridgehead atoms. The minimum atomic E-state index is -1.21. The molecular weight excluding hydrogens is 1080 g/mol. The molecule has 0 unspecified atom stereocenters. The fourth-order valence-electron chi connectivity index (χ4n) is 11.7. The van der Waals surface area contributed by atoms with Crippen molar-refractivity contribution in [3.63, 3.8) is 0 Å². The maximum absolute atomic E-state index is 13.6. The molecule has 8 aromatic heterocycles. The van der Waals surface area contributed by atoms with Crippen molar-refractivity contribution >= 4 is 77.6 Å². The van der Waals surface area contributed by atoms with Crippen LogP contribution in [0.25, 0.3) is 110 Å². The van der Waals surface area contributed by atoms with Gasteiger partial charge in [0.1, 0.15) is 34.3 Å². The molecular formula is C64H64N14O7. The predicted octanol–water partition coefficient (Wildman–Crippen LogP) is 10.8. The Labute approximate surface area is 488 Å². The standard InChI is InChI=1S/C32H31N7O3.C26H19N5O4.C6H14N2/c1-17-27(18(2)42-38-17)23-15-25-22(16-26(23)41-4)28-29(21-9-12-33-24-8-6-5-7-20(21)24)36-31(37-30(28)35-25)32(40)34-19-10-13-39(3)14-11-19;1-12-21(13(2)35-31-12)17-10-19-16(11-20(17)34-3)22-23(29-25(26(32)33)30-24(22)28-19)15-8-9-27-18-7-5-4-6-14(15)18;1-8-4-2-6(7)3-5-8/h5-9,12,15-16,19H,10-11,13-14H2,1-4H3,(H,34,40)(H,35,36,37);4-11H,1-3H3,(H,32,33)(H,28,29,30);6H,2-5,7H2,1H3. The lowest BCUT2D eigenvalue weighted by Gasteiger charge is -2.29. The molecule has 2 fully saturated rings. The summed E-state index contributed by atoms with van der Waals surface area (Å²) in [4.78, 5) is 64.3. The van der Waals surface area contributed by atoms with Crippen LogP contribution in [0.1, 0.15) is 69.8 Å². The van der Waals surface area contributed by atoms with Gasteiger partial charge in [-0.1, -0.05) is 46.7 Å². The van der Waals surface area contributed by atoms with E-state index in [9.17, 15) is 14.7 Å². The first-order valence-electron chi connectivity index (χ1n) is 28.2. The van der Waals surface area contributed by atoms with E-state index in [-0.39, 0.29) is 23.6 Å². The van der Waals surface area contributed by atoms with Crippen LogP contribution in [0.5, 0.6) is 11.5 Å². The fourth-order valence-corrected chi connectivity index (χ4v) is 11.7. The minimum Gasteiger partial charge on any atom is -0.496 e. The molecule has 2 aliphatic heterocycles. The molecule has 21 nitrogen and oxygen atoms in total. The molecule has 0 saturated carbocycles. The molecule has 12 aromatic rings. The summed E-state index contributed by atoms with van der Waals surface area (Å²) in [5.41, 5.74) is 17.6. The molecule has 2 saturated heterocycles. The van der Waals surface area contributed by atoms with Crippen LogP contribution in [0.3, 0.4) is 0 Å². The quantitative estimate of drug-likeness (QED) is 0.0898. The number of methoxy groups -OCH3 is 2. The maximum atomic E-state index is 13.6. The second kappa shape index (κ2) is 23.2. The van der Waals surface area contributed by atoms with Crippen LogP contribution in [0, 0.1) is 27.7 Å². The molecule has 0 aliphatic carbocycles. The van der Waals surface area contributed by atoms with E-state index >= 15 is 0 Å². The number of piperidine rings is 2. The summed E-state index contributed by atoms with van der Waals surface area (Å²) in [7, 11) is 7.50. The van der Waals surface area contributed by atoms with E-state index in [0.717, 1.165) is 120 Å². The number of H-pyrrole nitrogens is 2. The SMILES string of the molecule is CN1CCC(N)CC1.COc1cc2c(cc1-c1c(C)noc1C)[nH]c1nc(C(=O)NC3CCN(C)CC3)nc(-c3ccnc4ccccc34)c12.COc1cc2c(cc1-c1c(C)noc1C)[nH]c1nc(C(=O)O)nc(-c3ccnc4ccccc34)c12. The summed E-state index contributed by atoms with van der Waals surface area (Å²) >= 11 is 0. The zero-order valence-corrected chi connectivity index (χ0v) is 48.5. The number of likely N-dealkylation sites (tertiary alicyclic amines) is 2. The van der Waals surface area contributed by atoms with Crippen molar-refractivity contribution in [1.82, 2.24) is 65.3 Å². The van der Waals surface area contributed by atoms with Gasteiger partial charge in [0.2, 0.25) is 11.6 Å². The van der Waals surface area contributed by atoms with Crippen LogP contribution in [0.2, 0.25) is 0 Å². The largest absolute Gasteiger partial charge is 0.496 e. The number of nitrogens with two attached hydrogens (primary N) is 1. The molecule has 10 heterocycles. The Bertz CT molecular complexity index is 4470. The number of hydrogen-bond acceptors (Lipinski definition) is 17. The van der Waals surface area contributed by atoms with Crippen molar-refractivity contribution in [3.05, 3.63) is 132 Å². The number of fused-ring (bicyclic) bond motifs is 8. The topological polar surface area (TPSA) is 278 Å².